The average molecular weight is 488 g/mol. The summed E-state index contributed by atoms with van der Waals surface area (Å²) in [6.45, 7) is 4.38. The maximum Gasteiger partial charge on any atom is 0.306 e. The van der Waals surface area contributed by atoms with Gasteiger partial charge >= 0.3 is 5.97 Å². The fourth-order valence-corrected chi connectivity index (χ4v) is 4.66. The molecule has 4 aromatic rings. The lowest BCUT2D eigenvalue weighted by molar-refractivity contribution is -0.142. The molecule has 2 atom stereocenters. The molecule has 0 aliphatic heterocycles. The van der Waals surface area contributed by atoms with Gasteiger partial charge in [-0.25, -0.2) is 0 Å². The first-order valence-electron chi connectivity index (χ1n) is 11.7. The molecule has 0 fully saturated rings. The van der Waals surface area contributed by atoms with Gasteiger partial charge < -0.3 is 14.6 Å². The van der Waals surface area contributed by atoms with Crippen LogP contribution in [-0.4, -0.2) is 16.1 Å². The lowest BCUT2D eigenvalue weighted by Crippen LogP contribution is -2.20. The molecule has 0 spiro atoms. The highest BCUT2D eigenvalue weighted by Gasteiger charge is 2.26. The molecule has 2 aromatic heterocycles. The molecule has 0 aliphatic rings. The third-order valence-corrected chi connectivity index (χ3v) is 6.76. The topological polar surface area (TPSA) is 68.7 Å². The van der Waals surface area contributed by atoms with Crippen molar-refractivity contribution < 1.29 is 19.4 Å². The Morgan fingerprint density at radius 2 is 1.91 bits per heavy atom. The van der Waals surface area contributed by atoms with E-state index in [1.54, 1.807) is 17.5 Å². The van der Waals surface area contributed by atoms with Gasteiger partial charge in [0.2, 0.25) is 0 Å². The van der Waals surface area contributed by atoms with Crippen LogP contribution in [0.2, 0.25) is 0 Å². The summed E-state index contributed by atoms with van der Waals surface area (Å²) in [4.78, 5) is 16.4. The van der Waals surface area contributed by atoms with Crippen LogP contribution in [0.5, 0.6) is 11.5 Å². The summed E-state index contributed by atoms with van der Waals surface area (Å²) in [5, 5.41) is 13.8. The number of rotatable bonds is 11. The van der Waals surface area contributed by atoms with Crippen LogP contribution in [0.4, 0.5) is 0 Å². The monoisotopic (exact) mass is 487 g/mol. The maximum absolute atomic E-state index is 11.9. The van der Waals surface area contributed by atoms with Crippen molar-refractivity contribution in [2.75, 3.05) is 0 Å². The highest BCUT2D eigenvalue weighted by Crippen LogP contribution is 2.38. The minimum atomic E-state index is -0.813. The van der Waals surface area contributed by atoms with E-state index in [1.807, 2.05) is 86.0 Å². The second-order valence-corrected chi connectivity index (χ2v) is 9.22. The van der Waals surface area contributed by atoms with Gasteiger partial charge in [0, 0.05) is 24.2 Å². The number of aliphatic carboxylic acids is 1. The number of ether oxygens (including phenoxy) is 2. The Kier molecular flexibility index (Phi) is 8.16. The van der Waals surface area contributed by atoms with Crippen molar-refractivity contribution >= 4 is 17.3 Å². The Bertz CT molecular complexity index is 1240. The zero-order chi connectivity index (χ0) is 24.6. The van der Waals surface area contributed by atoms with Gasteiger partial charge in [0.05, 0.1) is 11.6 Å². The van der Waals surface area contributed by atoms with E-state index in [-0.39, 0.29) is 0 Å². The molecule has 2 heterocycles. The quantitative estimate of drug-likeness (QED) is 0.240. The van der Waals surface area contributed by atoms with E-state index in [2.05, 4.69) is 10.4 Å². The largest absolute Gasteiger partial charge is 0.489 e. The van der Waals surface area contributed by atoms with Crippen LogP contribution in [0.3, 0.4) is 0 Å². The summed E-state index contributed by atoms with van der Waals surface area (Å²) < 4.78 is 12.7. The summed E-state index contributed by atoms with van der Waals surface area (Å²) in [5.74, 6) is -0.0388. The van der Waals surface area contributed by atoms with Gasteiger partial charge in [0.15, 0.2) is 0 Å². The number of carbonyl (C=O) groups is 1. The fraction of sp³-hybridized carbons (Fsp3) is 0.241. The van der Waals surface area contributed by atoms with Gasteiger partial charge in [0.25, 0.3) is 0 Å². The van der Waals surface area contributed by atoms with E-state index in [0.717, 1.165) is 27.9 Å². The third-order valence-electron chi connectivity index (χ3n) is 6.02. The number of nitrogens with zero attached hydrogens (tertiary/aromatic N) is 1. The smallest absolute Gasteiger partial charge is 0.306 e. The van der Waals surface area contributed by atoms with Gasteiger partial charge in [-0.3, -0.25) is 9.78 Å². The maximum atomic E-state index is 11.9. The first kappa shape index (κ1) is 24.5. The van der Waals surface area contributed by atoms with Gasteiger partial charge in [-0.15, -0.1) is 0 Å². The summed E-state index contributed by atoms with van der Waals surface area (Å²) in [6.07, 6.45) is 2.19. The molecule has 2 unspecified atom stereocenters. The molecule has 5 nitrogen and oxygen atoms in total. The summed E-state index contributed by atoms with van der Waals surface area (Å²) in [6, 6.07) is 21.5. The number of pyridine rings is 1. The zero-order valence-electron chi connectivity index (χ0n) is 19.9. The van der Waals surface area contributed by atoms with Gasteiger partial charge in [-0.1, -0.05) is 37.3 Å². The second kappa shape index (κ2) is 11.7. The molecule has 6 heteroatoms. The number of carboxylic acid groups (broad SMARTS) is 1. The molecule has 0 amide bonds. The third kappa shape index (κ3) is 6.28. The number of hydrogen-bond donors (Lipinski definition) is 1. The summed E-state index contributed by atoms with van der Waals surface area (Å²) in [5.41, 5.74) is 4.75. The van der Waals surface area contributed by atoms with Crippen molar-refractivity contribution in [3.05, 3.63) is 100 Å². The Morgan fingerprint density at radius 3 is 2.60 bits per heavy atom. The van der Waals surface area contributed by atoms with E-state index >= 15 is 0 Å². The number of thiophene rings is 1. The Balaban J connectivity index is 1.71. The van der Waals surface area contributed by atoms with Crippen LogP contribution >= 0.6 is 11.3 Å². The molecule has 0 bridgehead atoms. The van der Waals surface area contributed by atoms with E-state index in [9.17, 15) is 9.90 Å². The average Bonchev–Trinajstić information content (AvgIpc) is 3.40. The van der Waals surface area contributed by atoms with Crippen LogP contribution in [0.15, 0.2) is 83.7 Å². The Labute approximate surface area is 210 Å². The Morgan fingerprint density at radius 1 is 1.09 bits per heavy atom. The number of aromatic nitrogens is 1. The number of benzene rings is 2. The van der Waals surface area contributed by atoms with Crippen LogP contribution < -0.4 is 9.47 Å². The van der Waals surface area contributed by atoms with Crippen molar-refractivity contribution in [2.45, 2.75) is 39.4 Å². The molecular formula is C29H29NO4S. The van der Waals surface area contributed by atoms with E-state index in [1.165, 1.54) is 0 Å². The normalized spacial score (nSPS) is 12.6. The minimum absolute atomic E-state index is 0.359. The van der Waals surface area contributed by atoms with Crippen molar-refractivity contribution in [2.24, 2.45) is 5.92 Å². The lowest BCUT2D eigenvalue weighted by atomic mass is 9.92. The SMILES string of the molecule is CCC(CC(Oc1cc(OCc2ccsc2)ccc1-c1ccccn1)c1ccccc1C)C(=O)O. The molecule has 1 N–H and O–H groups in total. The molecule has 0 saturated heterocycles. The predicted octanol–water partition coefficient (Wildman–Crippen LogP) is 7.32. The molecule has 2 aromatic carbocycles. The lowest BCUT2D eigenvalue weighted by Gasteiger charge is -2.25. The first-order chi connectivity index (χ1) is 17.0. The van der Waals surface area contributed by atoms with E-state index < -0.39 is 18.0 Å². The zero-order valence-corrected chi connectivity index (χ0v) is 20.7. The predicted molar refractivity (Wildman–Crippen MR) is 139 cm³/mol. The van der Waals surface area contributed by atoms with Crippen LogP contribution in [-0.2, 0) is 11.4 Å². The van der Waals surface area contributed by atoms with Gasteiger partial charge in [0.1, 0.15) is 24.2 Å². The molecular weight excluding hydrogens is 458 g/mol. The van der Waals surface area contributed by atoms with Crippen molar-refractivity contribution in [1.29, 1.82) is 0 Å². The first-order valence-corrected chi connectivity index (χ1v) is 12.6. The van der Waals surface area contributed by atoms with Crippen LogP contribution in [0, 0.1) is 12.8 Å². The number of carboxylic acids is 1. The summed E-state index contributed by atoms with van der Waals surface area (Å²) >= 11 is 1.63. The highest BCUT2D eigenvalue weighted by atomic mass is 32.1. The molecule has 0 saturated carbocycles. The number of hydrogen-bond acceptors (Lipinski definition) is 5. The van der Waals surface area contributed by atoms with E-state index in [0.29, 0.717) is 30.9 Å². The second-order valence-electron chi connectivity index (χ2n) is 8.44. The standard InChI is InChI=1S/C29H29NO4S/c1-3-22(29(31)32)16-27(24-9-5-4-8-20(24)2)34-28-17-23(33-18-21-13-15-35-19-21)11-12-25(28)26-10-6-7-14-30-26/h4-15,17,19,22,27H,3,16,18H2,1-2H3,(H,31,32). The van der Waals surface area contributed by atoms with Crippen molar-refractivity contribution in [3.63, 3.8) is 0 Å². The molecule has 0 aliphatic carbocycles. The van der Waals surface area contributed by atoms with Crippen LogP contribution in [0.25, 0.3) is 11.3 Å². The molecule has 0 radical (unpaired) electrons. The van der Waals surface area contributed by atoms with E-state index in [4.69, 9.17) is 9.47 Å². The number of aryl methyl sites for hydroxylation is 1. The minimum Gasteiger partial charge on any atom is -0.489 e. The summed E-state index contributed by atoms with van der Waals surface area (Å²) in [7, 11) is 0. The van der Waals surface area contributed by atoms with Crippen molar-refractivity contribution in [3.8, 4) is 22.8 Å². The van der Waals surface area contributed by atoms with Crippen molar-refractivity contribution in [1.82, 2.24) is 4.98 Å². The Hall–Kier alpha value is -3.64. The molecule has 4 rings (SSSR count). The van der Waals surface area contributed by atoms with Gasteiger partial charge in [-0.2, -0.15) is 11.3 Å². The van der Waals surface area contributed by atoms with Crippen LogP contribution in [0.1, 0.15) is 42.6 Å². The molecule has 180 valence electrons. The molecule has 35 heavy (non-hydrogen) atoms. The highest BCUT2D eigenvalue weighted by molar-refractivity contribution is 7.07. The van der Waals surface area contributed by atoms with Gasteiger partial charge in [-0.05, 0) is 71.1 Å². The fourth-order valence-electron chi connectivity index (χ4n) is 4.01.